The lowest BCUT2D eigenvalue weighted by atomic mass is 10.0. The molecule has 1 aliphatic heterocycles. The third-order valence-corrected chi connectivity index (χ3v) is 3.69. The lowest BCUT2D eigenvalue weighted by Gasteiger charge is -2.37. The molecular formula is C14H24N4O. The van der Waals surface area contributed by atoms with Crippen LogP contribution in [0, 0.1) is 6.92 Å². The Bertz CT molecular complexity index is 424. The normalized spacial score (nSPS) is 23.7. The molecule has 1 aromatic heterocycles. The molecule has 2 rings (SSSR count). The second kappa shape index (κ2) is 6.30. The van der Waals surface area contributed by atoms with E-state index in [0.717, 1.165) is 44.0 Å². The third-order valence-electron chi connectivity index (χ3n) is 3.69. The van der Waals surface area contributed by atoms with E-state index in [1.54, 1.807) is 7.11 Å². The zero-order valence-electron chi connectivity index (χ0n) is 12.1. The number of aromatic nitrogens is 2. The van der Waals surface area contributed by atoms with Crippen molar-refractivity contribution in [1.82, 2.24) is 9.97 Å². The van der Waals surface area contributed by atoms with E-state index in [1.165, 1.54) is 5.56 Å². The summed E-state index contributed by atoms with van der Waals surface area (Å²) in [5, 5.41) is 0. The average molecular weight is 264 g/mol. The number of piperidine rings is 1. The van der Waals surface area contributed by atoms with Gasteiger partial charge in [-0.1, -0.05) is 13.3 Å². The predicted octanol–water partition coefficient (Wildman–Crippen LogP) is 1.29. The SMILES string of the molecule is CCCc1cnc(C)nc1N1CC[C@@H](N)[C@@H](OC)C1. The fourth-order valence-corrected chi connectivity index (χ4v) is 2.58. The summed E-state index contributed by atoms with van der Waals surface area (Å²) in [7, 11) is 1.73. The predicted molar refractivity (Wildman–Crippen MR) is 76.4 cm³/mol. The van der Waals surface area contributed by atoms with Gasteiger partial charge in [0.05, 0.1) is 6.10 Å². The van der Waals surface area contributed by atoms with E-state index < -0.39 is 0 Å². The first kappa shape index (κ1) is 14.2. The molecule has 106 valence electrons. The summed E-state index contributed by atoms with van der Waals surface area (Å²) in [6, 6.07) is 0.124. The number of aryl methyl sites for hydroxylation is 2. The number of nitrogens with zero attached hydrogens (tertiary/aromatic N) is 3. The second-order valence-electron chi connectivity index (χ2n) is 5.19. The Labute approximate surface area is 115 Å². The van der Waals surface area contributed by atoms with Crippen LogP contribution in [0.2, 0.25) is 0 Å². The summed E-state index contributed by atoms with van der Waals surface area (Å²) in [6.07, 6.45) is 5.08. The molecule has 5 heteroatoms. The standard InChI is InChI=1S/C14H24N4O/c1-4-5-11-8-16-10(2)17-14(11)18-7-6-12(15)13(9-18)19-3/h8,12-13H,4-7,9,15H2,1-3H3/t12-,13+/m1/s1. The molecule has 0 saturated carbocycles. The van der Waals surface area contributed by atoms with Gasteiger partial charge in [-0.15, -0.1) is 0 Å². The number of nitrogens with two attached hydrogens (primary N) is 1. The van der Waals surface area contributed by atoms with Crippen LogP contribution >= 0.6 is 0 Å². The molecule has 2 atom stereocenters. The van der Waals surface area contributed by atoms with Crippen LogP contribution in [0.5, 0.6) is 0 Å². The molecule has 1 fully saturated rings. The highest BCUT2D eigenvalue weighted by Crippen LogP contribution is 2.23. The van der Waals surface area contributed by atoms with Crippen LogP contribution in [-0.4, -0.2) is 42.3 Å². The van der Waals surface area contributed by atoms with Gasteiger partial charge in [-0.05, 0) is 19.8 Å². The first-order valence-corrected chi connectivity index (χ1v) is 7.01. The van der Waals surface area contributed by atoms with Gasteiger partial charge >= 0.3 is 0 Å². The van der Waals surface area contributed by atoms with Crippen molar-refractivity contribution in [2.75, 3.05) is 25.1 Å². The van der Waals surface area contributed by atoms with Crippen LogP contribution in [0.4, 0.5) is 5.82 Å². The number of hydrogen-bond acceptors (Lipinski definition) is 5. The van der Waals surface area contributed by atoms with E-state index in [9.17, 15) is 0 Å². The van der Waals surface area contributed by atoms with Crippen molar-refractivity contribution in [3.8, 4) is 0 Å². The summed E-state index contributed by atoms with van der Waals surface area (Å²) in [5.74, 6) is 1.88. The van der Waals surface area contributed by atoms with Gasteiger partial charge in [0, 0.05) is 38.0 Å². The number of anilines is 1. The monoisotopic (exact) mass is 264 g/mol. The molecule has 5 nitrogen and oxygen atoms in total. The molecule has 0 spiro atoms. The van der Waals surface area contributed by atoms with E-state index in [-0.39, 0.29) is 12.1 Å². The first-order valence-electron chi connectivity index (χ1n) is 7.01. The van der Waals surface area contributed by atoms with Gasteiger partial charge in [0.25, 0.3) is 0 Å². The zero-order chi connectivity index (χ0) is 13.8. The molecule has 2 heterocycles. The van der Waals surface area contributed by atoms with Gasteiger partial charge in [-0.2, -0.15) is 0 Å². The lowest BCUT2D eigenvalue weighted by molar-refractivity contribution is 0.0727. The van der Waals surface area contributed by atoms with Gasteiger partial charge < -0.3 is 15.4 Å². The topological polar surface area (TPSA) is 64.3 Å². The lowest BCUT2D eigenvalue weighted by Crippen LogP contribution is -2.52. The highest BCUT2D eigenvalue weighted by molar-refractivity contribution is 5.47. The van der Waals surface area contributed by atoms with Crippen molar-refractivity contribution in [3.05, 3.63) is 17.6 Å². The number of methoxy groups -OCH3 is 1. The second-order valence-corrected chi connectivity index (χ2v) is 5.19. The van der Waals surface area contributed by atoms with Gasteiger partial charge in [0.15, 0.2) is 0 Å². The molecule has 1 aliphatic rings. The van der Waals surface area contributed by atoms with Gasteiger partial charge in [-0.25, -0.2) is 9.97 Å². The molecule has 0 unspecified atom stereocenters. The summed E-state index contributed by atoms with van der Waals surface area (Å²) in [4.78, 5) is 11.2. The number of rotatable bonds is 4. The molecule has 19 heavy (non-hydrogen) atoms. The van der Waals surface area contributed by atoms with Gasteiger partial charge in [0.1, 0.15) is 11.6 Å². The molecule has 1 saturated heterocycles. The van der Waals surface area contributed by atoms with E-state index in [2.05, 4.69) is 21.8 Å². The quantitative estimate of drug-likeness (QED) is 0.887. The Morgan fingerprint density at radius 2 is 2.32 bits per heavy atom. The largest absolute Gasteiger partial charge is 0.378 e. The van der Waals surface area contributed by atoms with Gasteiger partial charge in [-0.3, -0.25) is 0 Å². The summed E-state index contributed by atoms with van der Waals surface area (Å²) in [6.45, 7) is 5.86. The molecule has 0 radical (unpaired) electrons. The summed E-state index contributed by atoms with van der Waals surface area (Å²) in [5.41, 5.74) is 7.29. The van der Waals surface area contributed by atoms with Crippen LogP contribution < -0.4 is 10.6 Å². The van der Waals surface area contributed by atoms with Crippen molar-refractivity contribution in [2.45, 2.75) is 45.3 Å². The molecule has 2 N–H and O–H groups in total. The highest BCUT2D eigenvalue weighted by atomic mass is 16.5. The molecule has 1 aromatic rings. The van der Waals surface area contributed by atoms with E-state index in [4.69, 9.17) is 10.5 Å². The van der Waals surface area contributed by atoms with Crippen molar-refractivity contribution in [1.29, 1.82) is 0 Å². The third kappa shape index (κ3) is 3.22. The van der Waals surface area contributed by atoms with Crippen LogP contribution in [0.1, 0.15) is 31.2 Å². The molecular weight excluding hydrogens is 240 g/mol. The maximum atomic E-state index is 6.07. The van der Waals surface area contributed by atoms with Crippen molar-refractivity contribution in [2.24, 2.45) is 5.73 Å². The Kier molecular flexibility index (Phi) is 4.71. The van der Waals surface area contributed by atoms with Crippen molar-refractivity contribution < 1.29 is 4.74 Å². The fourth-order valence-electron chi connectivity index (χ4n) is 2.58. The van der Waals surface area contributed by atoms with Crippen LogP contribution in [-0.2, 0) is 11.2 Å². The Morgan fingerprint density at radius 3 is 3.00 bits per heavy atom. The van der Waals surface area contributed by atoms with E-state index >= 15 is 0 Å². The molecule has 0 bridgehead atoms. The minimum absolute atomic E-state index is 0.0819. The van der Waals surface area contributed by atoms with E-state index in [1.807, 2.05) is 13.1 Å². The maximum Gasteiger partial charge on any atom is 0.135 e. The number of hydrogen-bond donors (Lipinski definition) is 1. The first-order chi connectivity index (χ1) is 9.15. The maximum absolute atomic E-state index is 6.07. The molecule has 0 amide bonds. The Morgan fingerprint density at radius 1 is 1.53 bits per heavy atom. The minimum atomic E-state index is 0.0819. The van der Waals surface area contributed by atoms with E-state index in [0.29, 0.717) is 0 Å². The molecule has 0 aromatic carbocycles. The average Bonchev–Trinajstić information content (AvgIpc) is 2.42. The van der Waals surface area contributed by atoms with Crippen LogP contribution in [0.3, 0.4) is 0 Å². The number of ether oxygens (including phenoxy) is 1. The smallest absolute Gasteiger partial charge is 0.135 e. The minimum Gasteiger partial charge on any atom is -0.378 e. The van der Waals surface area contributed by atoms with Gasteiger partial charge in [0.2, 0.25) is 0 Å². The van der Waals surface area contributed by atoms with Crippen LogP contribution in [0.15, 0.2) is 6.20 Å². The fraction of sp³-hybridized carbons (Fsp3) is 0.714. The summed E-state index contributed by atoms with van der Waals surface area (Å²) < 4.78 is 5.48. The highest BCUT2D eigenvalue weighted by Gasteiger charge is 2.28. The van der Waals surface area contributed by atoms with Crippen LogP contribution in [0.25, 0.3) is 0 Å². The molecule has 0 aliphatic carbocycles. The Balaban J connectivity index is 2.22. The van der Waals surface area contributed by atoms with Crippen molar-refractivity contribution in [3.63, 3.8) is 0 Å². The Hall–Kier alpha value is -1.20. The zero-order valence-corrected chi connectivity index (χ0v) is 12.1. The van der Waals surface area contributed by atoms with Crippen molar-refractivity contribution >= 4 is 5.82 Å². The summed E-state index contributed by atoms with van der Waals surface area (Å²) >= 11 is 0.